The van der Waals surface area contributed by atoms with Gasteiger partial charge in [-0.2, -0.15) is 8.78 Å². The Labute approximate surface area is 84.0 Å². The number of nitrogens with zero attached hydrogens (tertiary/aromatic N) is 1. The van der Waals surface area contributed by atoms with Crippen molar-refractivity contribution in [2.45, 2.75) is 19.1 Å². The summed E-state index contributed by atoms with van der Waals surface area (Å²) in [5.74, 6) is -1.38. The van der Waals surface area contributed by atoms with Gasteiger partial charge in [-0.05, 0) is 13.8 Å². The normalized spacial score (nSPS) is 11.5. The molecule has 0 rings (SSSR count). The number of carbonyl (C=O) groups is 1. The van der Waals surface area contributed by atoms with Gasteiger partial charge in [0.1, 0.15) is 12.0 Å². The molecule has 84 valence electrons. The molecule has 1 amide bonds. The minimum Gasteiger partial charge on any atom is -0.337 e. The van der Waals surface area contributed by atoms with Crippen LogP contribution < -0.4 is 0 Å². The first-order valence-electron chi connectivity index (χ1n) is 3.82. The van der Waals surface area contributed by atoms with Gasteiger partial charge in [-0.15, -0.1) is 4.33 Å². The van der Waals surface area contributed by atoms with Gasteiger partial charge in [0.25, 0.3) is 0 Å². The van der Waals surface area contributed by atoms with Gasteiger partial charge in [-0.1, -0.05) is 5.04 Å². The maximum atomic E-state index is 12.9. The molecule has 0 unspecified atom stereocenters. The summed E-state index contributed by atoms with van der Waals surface area (Å²) in [4.78, 5) is 12.0. The summed E-state index contributed by atoms with van der Waals surface area (Å²) in [7, 11) is 0. The van der Waals surface area contributed by atoms with Gasteiger partial charge in [0.05, 0.1) is 0 Å². The Morgan fingerprint density at radius 1 is 1.50 bits per heavy atom. The Kier molecular flexibility index (Phi) is 5.93. The molecule has 8 heteroatoms. The zero-order valence-electron chi connectivity index (χ0n) is 7.70. The Morgan fingerprint density at radius 2 is 2.00 bits per heavy atom. The van der Waals surface area contributed by atoms with Crippen molar-refractivity contribution in [3.8, 4) is 0 Å². The summed E-state index contributed by atoms with van der Waals surface area (Å²) < 4.78 is 29.3. The lowest BCUT2D eigenvalue weighted by Crippen LogP contribution is -2.41. The van der Waals surface area contributed by atoms with E-state index in [9.17, 15) is 13.6 Å². The van der Waals surface area contributed by atoms with Crippen LogP contribution in [0.5, 0.6) is 0 Å². The molecule has 14 heavy (non-hydrogen) atoms. The third-order valence-electron chi connectivity index (χ3n) is 1.47. The summed E-state index contributed by atoms with van der Waals surface area (Å²) in [6, 6.07) is 0. The number of rotatable bonds is 6. The second-order valence-electron chi connectivity index (χ2n) is 2.22. The molecule has 0 saturated heterocycles. The van der Waals surface area contributed by atoms with Gasteiger partial charge in [0, 0.05) is 13.1 Å². The Balaban J connectivity index is 4.31. The second kappa shape index (κ2) is 6.12. The maximum Gasteiger partial charge on any atom is 0.397 e. The zero-order chi connectivity index (χ0) is 11.2. The Bertz CT molecular complexity index is 189. The summed E-state index contributed by atoms with van der Waals surface area (Å²) in [6.45, 7) is 3.49. The minimum atomic E-state index is -3.77. The summed E-state index contributed by atoms with van der Waals surface area (Å²) in [5.41, 5.74) is 0. The van der Waals surface area contributed by atoms with Crippen LogP contribution in [0.1, 0.15) is 13.8 Å². The van der Waals surface area contributed by atoms with E-state index in [1.165, 1.54) is 0 Å². The van der Waals surface area contributed by atoms with Gasteiger partial charge < -0.3 is 4.90 Å². The van der Waals surface area contributed by atoms with Gasteiger partial charge in [0.2, 0.25) is 0 Å². The quantitative estimate of drug-likeness (QED) is 0.426. The van der Waals surface area contributed by atoms with Crippen LogP contribution >= 0.6 is 12.0 Å². The van der Waals surface area contributed by atoms with E-state index in [-0.39, 0.29) is 13.1 Å². The third kappa shape index (κ3) is 3.74. The number of carbonyl (C=O) groups excluding carboxylic acids is 1. The molecule has 0 radical (unpaired) electrons. The van der Waals surface area contributed by atoms with Crippen molar-refractivity contribution in [3.05, 3.63) is 0 Å². The highest BCUT2D eigenvalue weighted by Gasteiger charge is 2.44. The molecule has 0 atom stereocenters. The van der Waals surface area contributed by atoms with E-state index >= 15 is 0 Å². The molecule has 0 aromatic heterocycles. The smallest absolute Gasteiger partial charge is 0.337 e. The standard InChI is InChI=1S/C6H11F2NO4S/c1-3-9(4-2)5(10)6(7,8)14-13-12-11/h11H,3-4H2,1-2H3. The zero-order valence-corrected chi connectivity index (χ0v) is 8.51. The lowest BCUT2D eigenvalue weighted by molar-refractivity contribution is -0.433. The van der Waals surface area contributed by atoms with Gasteiger partial charge in [-0.3, -0.25) is 4.79 Å². The van der Waals surface area contributed by atoms with E-state index in [1.807, 2.05) is 0 Å². The van der Waals surface area contributed by atoms with Crippen LogP contribution in [0.2, 0.25) is 0 Å². The van der Waals surface area contributed by atoms with Crippen molar-refractivity contribution >= 4 is 17.9 Å². The van der Waals surface area contributed by atoms with Crippen molar-refractivity contribution in [1.29, 1.82) is 0 Å². The van der Waals surface area contributed by atoms with Crippen molar-refractivity contribution in [3.63, 3.8) is 0 Å². The van der Waals surface area contributed by atoms with Crippen molar-refractivity contribution in [1.82, 2.24) is 4.90 Å². The number of hydrogen-bond acceptors (Lipinski definition) is 5. The largest absolute Gasteiger partial charge is 0.397 e. The van der Waals surface area contributed by atoms with E-state index in [1.54, 1.807) is 13.8 Å². The number of halogens is 2. The summed E-state index contributed by atoms with van der Waals surface area (Å²) in [5, 5.41) is 6.88. The summed E-state index contributed by atoms with van der Waals surface area (Å²) in [6.07, 6.45) is 0. The molecule has 0 aliphatic carbocycles. The fourth-order valence-corrected chi connectivity index (χ4v) is 1.10. The van der Waals surface area contributed by atoms with Crippen molar-refractivity contribution in [2.75, 3.05) is 13.1 Å². The maximum absolute atomic E-state index is 12.9. The SMILES string of the molecule is CCN(CC)C(=O)C(F)(F)SOOO. The lowest BCUT2D eigenvalue weighted by atomic mass is 10.4. The Morgan fingerprint density at radius 3 is 2.36 bits per heavy atom. The minimum absolute atomic E-state index is 0.172. The van der Waals surface area contributed by atoms with Gasteiger partial charge in [0.15, 0.2) is 0 Å². The molecule has 1 N–H and O–H groups in total. The van der Waals surface area contributed by atoms with Crippen LogP contribution in [0.3, 0.4) is 0 Å². The molecule has 0 fully saturated rings. The molecule has 0 aliphatic rings. The summed E-state index contributed by atoms with van der Waals surface area (Å²) >= 11 is -0.551. The average Bonchev–Trinajstić information content (AvgIpc) is 2.16. The van der Waals surface area contributed by atoms with Crippen molar-refractivity contribution in [2.24, 2.45) is 0 Å². The first-order chi connectivity index (χ1) is 6.49. The van der Waals surface area contributed by atoms with E-state index in [4.69, 9.17) is 5.26 Å². The molecule has 0 aliphatic heterocycles. The predicted octanol–water partition coefficient (Wildman–Crippen LogP) is 1.52. The van der Waals surface area contributed by atoms with E-state index in [0.717, 1.165) is 4.90 Å². The van der Waals surface area contributed by atoms with Crippen LogP contribution in [0.4, 0.5) is 8.78 Å². The third-order valence-corrected chi connectivity index (χ3v) is 1.98. The van der Waals surface area contributed by atoms with Crippen molar-refractivity contribution < 1.29 is 28.2 Å². The van der Waals surface area contributed by atoms with Crippen LogP contribution in [-0.2, 0) is 14.2 Å². The molecule has 0 saturated carbocycles. The molecule has 0 bridgehead atoms. The topological polar surface area (TPSA) is 59.0 Å². The highest BCUT2D eigenvalue weighted by Crippen LogP contribution is 2.31. The predicted molar refractivity (Wildman–Crippen MR) is 45.3 cm³/mol. The number of amides is 1. The first-order valence-corrected chi connectivity index (χ1v) is 4.56. The number of alkyl halides is 2. The first kappa shape index (κ1) is 13.6. The monoisotopic (exact) mass is 231 g/mol. The van der Waals surface area contributed by atoms with Crippen LogP contribution in [0.15, 0.2) is 0 Å². The molecule has 5 nitrogen and oxygen atoms in total. The molecule has 0 aromatic rings. The average molecular weight is 231 g/mol. The molecule has 0 aromatic carbocycles. The fraction of sp³-hybridized carbons (Fsp3) is 0.833. The number of hydrogen-bond donors (Lipinski definition) is 1. The highest BCUT2D eigenvalue weighted by atomic mass is 32.2. The van der Waals surface area contributed by atoms with E-state index in [2.05, 4.69) is 9.37 Å². The lowest BCUT2D eigenvalue weighted by Gasteiger charge is -2.22. The van der Waals surface area contributed by atoms with Gasteiger partial charge in [-0.25, -0.2) is 5.26 Å². The van der Waals surface area contributed by atoms with E-state index in [0.29, 0.717) is 0 Å². The molecular weight excluding hydrogens is 220 g/mol. The van der Waals surface area contributed by atoms with Crippen LogP contribution in [0, 0.1) is 0 Å². The Hall–Kier alpha value is -0.440. The molecular formula is C6H11F2NO4S. The molecule has 0 heterocycles. The fourth-order valence-electron chi connectivity index (χ4n) is 0.788. The highest BCUT2D eigenvalue weighted by molar-refractivity contribution is 7.96. The van der Waals surface area contributed by atoms with E-state index < -0.39 is 23.2 Å². The molecule has 0 spiro atoms. The second-order valence-corrected chi connectivity index (χ2v) is 3.04. The van der Waals surface area contributed by atoms with Crippen LogP contribution in [0.25, 0.3) is 0 Å². The van der Waals surface area contributed by atoms with Crippen LogP contribution in [-0.4, -0.2) is 34.4 Å². The van der Waals surface area contributed by atoms with Gasteiger partial charge >= 0.3 is 11.2 Å².